The van der Waals surface area contributed by atoms with Crippen molar-refractivity contribution in [3.8, 4) is 0 Å². The first-order chi connectivity index (χ1) is 9.65. The maximum Gasteiger partial charge on any atom is 0.234 e. The van der Waals surface area contributed by atoms with Crippen LogP contribution in [0.5, 0.6) is 0 Å². The first kappa shape index (κ1) is 14.9. The molecule has 1 aliphatic heterocycles. The van der Waals surface area contributed by atoms with Gasteiger partial charge < -0.3 is 15.4 Å². The van der Waals surface area contributed by atoms with Crippen LogP contribution >= 0.6 is 0 Å². The summed E-state index contributed by atoms with van der Waals surface area (Å²) in [5, 5.41) is 6.09. The summed E-state index contributed by atoms with van der Waals surface area (Å²) in [5.41, 5.74) is 0.837. The molecule has 2 N–H and O–H groups in total. The van der Waals surface area contributed by atoms with Gasteiger partial charge in [-0.2, -0.15) is 0 Å². The highest BCUT2D eigenvalue weighted by atomic mass is 19.1. The van der Waals surface area contributed by atoms with Crippen LogP contribution in [0.2, 0.25) is 0 Å². The van der Waals surface area contributed by atoms with E-state index in [1.165, 1.54) is 12.1 Å². The van der Waals surface area contributed by atoms with E-state index in [4.69, 9.17) is 4.74 Å². The zero-order chi connectivity index (χ0) is 14.4. The fourth-order valence-corrected chi connectivity index (χ4v) is 2.26. The first-order valence-corrected chi connectivity index (χ1v) is 7.01. The lowest BCUT2D eigenvalue weighted by molar-refractivity contribution is -0.121. The minimum absolute atomic E-state index is 0.0276. The molecular formula is C15H21FN2O2. The highest BCUT2D eigenvalue weighted by Gasteiger charge is 2.16. The van der Waals surface area contributed by atoms with Gasteiger partial charge in [-0.3, -0.25) is 4.79 Å². The van der Waals surface area contributed by atoms with Gasteiger partial charge in [-0.25, -0.2) is 4.39 Å². The molecule has 0 aromatic heterocycles. The van der Waals surface area contributed by atoms with Crippen molar-refractivity contribution >= 4 is 5.91 Å². The van der Waals surface area contributed by atoms with Crippen LogP contribution in [0.25, 0.3) is 0 Å². The van der Waals surface area contributed by atoms with E-state index in [0.717, 1.165) is 18.4 Å². The molecule has 4 nitrogen and oxygen atoms in total. The quantitative estimate of drug-likeness (QED) is 0.864. The maximum atomic E-state index is 13.1. The van der Waals surface area contributed by atoms with Gasteiger partial charge in [0.05, 0.1) is 6.54 Å². The minimum Gasteiger partial charge on any atom is -0.381 e. The molecule has 20 heavy (non-hydrogen) atoms. The Morgan fingerprint density at radius 2 is 2.20 bits per heavy atom. The summed E-state index contributed by atoms with van der Waals surface area (Å²) < 4.78 is 18.4. The second-order valence-corrected chi connectivity index (χ2v) is 5.11. The largest absolute Gasteiger partial charge is 0.381 e. The number of carbonyl (C=O) groups excluding carboxylic acids is 1. The molecule has 1 aliphatic rings. The highest BCUT2D eigenvalue weighted by molar-refractivity contribution is 5.78. The number of hydrogen-bond donors (Lipinski definition) is 2. The molecule has 110 valence electrons. The summed E-state index contributed by atoms with van der Waals surface area (Å²) in [7, 11) is 0. The molecule has 0 saturated carbocycles. The number of hydrogen-bond acceptors (Lipinski definition) is 3. The molecule has 0 bridgehead atoms. The summed E-state index contributed by atoms with van der Waals surface area (Å²) in [6, 6.07) is 6.55. The molecular weight excluding hydrogens is 259 g/mol. The average molecular weight is 280 g/mol. The number of halogens is 1. The molecule has 1 atom stereocenters. The Bertz CT molecular complexity index is 447. The molecule has 0 spiro atoms. The van der Waals surface area contributed by atoms with E-state index in [1.54, 1.807) is 6.07 Å². The van der Waals surface area contributed by atoms with Crippen molar-refractivity contribution in [3.63, 3.8) is 0 Å². The molecule has 1 unspecified atom stereocenters. The first-order valence-electron chi connectivity index (χ1n) is 7.01. The molecule has 5 heteroatoms. The second-order valence-electron chi connectivity index (χ2n) is 5.11. The van der Waals surface area contributed by atoms with Crippen molar-refractivity contribution in [2.45, 2.75) is 31.8 Å². The van der Waals surface area contributed by atoms with E-state index in [2.05, 4.69) is 10.6 Å². The summed E-state index contributed by atoms with van der Waals surface area (Å²) in [6.45, 7) is 3.56. The monoisotopic (exact) mass is 280 g/mol. The van der Waals surface area contributed by atoms with Crippen LogP contribution in [0.3, 0.4) is 0 Å². The zero-order valence-electron chi connectivity index (χ0n) is 11.7. The van der Waals surface area contributed by atoms with Crippen molar-refractivity contribution in [2.24, 2.45) is 0 Å². The predicted octanol–water partition coefficient (Wildman–Crippen LogP) is 1.77. The molecule has 1 heterocycles. The van der Waals surface area contributed by atoms with Crippen LogP contribution in [0.15, 0.2) is 24.3 Å². The summed E-state index contributed by atoms with van der Waals surface area (Å²) in [5.74, 6) is -0.289. The maximum absolute atomic E-state index is 13.1. The van der Waals surface area contributed by atoms with Gasteiger partial charge in [0.15, 0.2) is 0 Å². The van der Waals surface area contributed by atoms with Crippen LogP contribution in [0, 0.1) is 5.82 Å². The fraction of sp³-hybridized carbons (Fsp3) is 0.533. The van der Waals surface area contributed by atoms with Gasteiger partial charge in [-0.05, 0) is 37.5 Å². The third-order valence-corrected chi connectivity index (χ3v) is 3.50. The van der Waals surface area contributed by atoms with Gasteiger partial charge in [0.25, 0.3) is 0 Å². The van der Waals surface area contributed by atoms with E-state index in [0.29, 0.717) is 13.2 Å². The van der Waals surface area contributed by atoms with E-state index in [1.807, 2.05) is 13.0 Å². The number of nitrogens with one attached hydrogen (secondary N) is 2. The van der Waals surface area contributed by atoms with Gasteiger partial charge in [0, 0.05) is 25.3 Å². The van der Waals surface area contributed by atoms with Crippen molar-refractivity contribution in [2.75, 3.05) is 19.8 Å². The molecule has 1 aromatic carbocycles. The smallest absolute Gasteiger partial charge is 0.234 e. The Morgan fingerprint density at radius 3 is 2.90 bits per heavy atom. The normalized spacial score (nSPS) is 17.7. The van der Waals surface area contributed by atoms with Gasteiger partial charge >= 0.3 is 0 Å². The molecule has 0 radical (unpaired) electrons. The molecule has 2 rings (SSSR count). The Balaban J connectivity index is 1.75. The van der Waals surface area contributed by atoms with Crippen LogP contribution in [-0.2, 0) is 9.53 Å². The SMILES string of the molecule is CC(NCC(=O)NC1CCOCC1)c1cccc(F)c1. The topological polar surface area (TPSA) is 50.4 Å². The number of amides is 1. The average Bonchev–Trinajstić information content (AvgIpc) is 2.46. The third-order valence-electron chi connectivity index (χ3n) is 3.50. The second kappa shape index (κ2) is 7.36. The fourth-order valence-electron chi connectivity index (χ4n) is 2.26. The Kier molecular flexibility index (Phi) is 5.49. The Hall–Kier alpha value is -1.46. The Morgan fingerprint density at radius 1 is 1.45 bits per heavy atom. The standard InChI is InChI=1S/C15H21FN2O2/c1-11(12-3-2-4-13(16)9-12)17-10-15(19)18-14-5-7-20-8-6-14/h2-4,9,11,14,17H,5-8,10H2,1H3,(H,18,19). The Labute approximate surface area is 118 Å². The molecule has 1 fully saturated rings. The van der Waals surface area contributed by atoms with Crippen LogP contribution in [0.4, 0.5) is 4.39 Å². The van der Waals surface area contributed by atoms with E-state index in [-0.39, 0.29) is 30.4 Å². The van der Waals surface area contributed by atoms with Crippen LogP contribution in [0.1, 0.15) is 31.4 Å². The summed E-state index contributed by atoms with van der Waals surface area (Å²) >= 11 is 0. The number of ether oxygens (including phenoxy) is 1. The van der Waals surface area contributed by atoms with Crippen molar-refractivity contribution < 1.29 is 13.9 Å². The molecule has 1 saturated heterocycles. The minimum atomic E-state index is -0.261. The summed E-state index contributed by atoms with van der Waals surface area (Å²) in [4.78, 5) is 11.8. The predicted molar refractivity (Wildman–Crippen MR) is 74.8 cm³/mol. The summed E-state index contributed by atoms with van der Waals surface area (Å²) in [6.07, 6.45) is 1.73. The zero-order valence-corrected chi connectivity index (χ0v) is 11.7. The van der Waals surface area contributed by atoms with Crippen molar-refractivity contribution in [1.82, 2.24) is 10.6 Å². The molecule has 1 amide bonds. The number of carbonyl (C=O) groups is 1. The lowest BCUT2D eigenvalue weighted by Gasteiger charge is -2.23. The van der Waals surface area contributed by atoms with Crippen LogP contribution in [-0.4, -0.2) is 31.7 Å². The van der Waals surface area contributed by atoms with E-state index < -0.39 is 0 Å². The lowest BCUT2D eigenvalue weighted by Crippen LogP contribution is -2.43. The highest BCUT2D eigenvalue weighted by Crippen LogP contribution is 2.13. The van der Waals surface area contributed by atoms with Gasteiger partial charge in [0.1, 0.15) is 5.82 Å². The van der Waals surface area contributed by atoms with E-state index in [9.17, 15) is 9.18 Å². The third kappa shape index (κ3) is 4.58. The molecule has 1 aromatic rings. The lowest BCUT2D eigenvalue weighted by atomic mass is 10.1. The number of benzene rings is 1. The van der Waals surface area contributed by atoms with Crippen LogP contribution < -0.4 is 10.6 Å². The van der Waals surface area contributed by atoms with Gasteiger partial charge in [0.2, 0.25) is 5.91 Å². The van der Waals surface area contributed by atoms with Gasteiger partial charge in [-0.1, -0.05) is 12.1 Å². The van der Waals surface area contributed by atoms with Gasteiger partial charge in [-0.15, -0.1) is 0 Å². The number of rotatable bonds is 5. The van der Waals surface area contributed by atoms with E-state index >= 15 is 0 Å². The van der Waals surface area contributed by atoms with Crippen molar-refractivity contribution in [1.29, 1.82) is 0 Å². The molecule has 0 aliphatic carbocycles. The van der Waals surface area contributed by atoms with Crippen molar-refractivity contribution in [3.05, 3.63) is 35.6 Å².